The molecule has 2 aromatic rings. The van der Waals surface area contributed by atoms with Crippen molar-refractivity contribution in [1.82, 2.24) is 9.97 Å². The van der Waals surface area contributed by atoms with Crippen molar-refractivity contribution < 1.29 is 53.1 Å². The van der Waals surface area contributed by atoms with E-state index in [1.807, 2.05) is 6.08 Å². The summed E-state index contributed by atoms with van der Waals surface area (Å²) in [7, 11) is 1.53. The first kappa shape index (κ1) is 45.5. The Balaban J connectivity index is 1.93. The maximum absolute atomic E-state index is 13.3. The van der Waals surface area contributed by atoms with Gasteiger partial charge in [-0.2, -0.15) is 0 Å². The number of cyclic esters (lactones) is 2. The van der Waals surface area contributed by atoms with E-state index in [1.165, 1.54) is 50.0 Å². The van der Waals surface area contributed by atoms with Gasteiger partial charge in [0.1, 0.15) is 36.9 Å². The highest BCUT2D eigenvalue weighted by Gasteiger charge is 2.39. The molecule has 2 aromatic heterocycles. The molecule has 7 unspecified atom stereocenters. The molecular weight excluding hydrogens is 720 g/mol. The fourth-order valence-corrected chi connectivity index (χ4v) is 5.47. The Morgan fingerprint density at radius 3 is 1.88 bits per heavy atom. The second kappa shape index (κ2) is 22.0. The third-order valence-electron chi connectivity index (χ3n) is 9.44. The van der Waals surface area contributed by atoms with Gasteiger partial charge < -0.3 is 43.5 Å². The van der Waals surface area contributed by atoms with Gasteiger partial charge in [0.05, 0.1) is 24.7 Å². The maximum Gasteiger partial charge on any atom is 0.360 e. The van der Waals surface area contributed by atoms with E-state index in [-0.39, 0.29) is 42.4 Å². The molecule has 0 amide bonds. The van der Waals surface area contributed by atoms with Gasteiger partial charge in [0.25, 0.3) is 0 Å². The number of hydrogen-bond acceptors (Lipinski definition) is 13. The van der Waals surface area contributed by atoms with Crippen LogP contribution in [0.1, 0.15) is 87.1 Å². The first-order chi connectivity index (χ1) is 26.6. The van der Waals surface area contributed by atoms with E-state index in [4.69, 9.17) is 23.0 Å². The van der Waals surface area contributed by atoms with Gasteiger partial charge in [0, 0.05) is 36.9 Å². The molecule has 0 spiro atoms. The summed E-state index contributed by atoms with van der Waals surface area (Å²) in [4.78, 5) is 35.0. The molecule has 1 aliphatic heterocycles. The van der Waals surface area contributed by atoms with E-state index in [0.29, 0.717) is 0 Å². The maximum atomic E-state index is 13.3. The number of aromatic nitrogens is 2. The molecule has 0 fully saturated rings. The zero-order chi connectivity index (χ0) is 41.3. The van der Waals surface area contributed by atoms with Crippen molar-refractivity contribution in [3.05, 3.63) is 127 Å². The Labute approximate surface area is 328 Å². The predicted molar refractivity (Wildman–Crippen MR) is 211 cm³/mol. The number of ether oxygens (including phenoxy) is 3. The van der Waals surface area contributed by atoms with Gasteiger partial charge in [-0.3, -0.25) is 0 Å². The number of allylic oxidation sites excluding steroid dienone is 8. The number of fused-ring (bicyclic) bond motifs is 4. The third kappa shape index (κ3) is 13.4. The van der Waals surface area contributed by atoms with Crippen molar-refractivity contribution in [2.75, 3.05) is 7.11 Å². The smallest absolute Gasteiger partial charge is 0.360 e. The minimum absolute atomic E-state index is 0.0613. The zero-order valence-electron chi connectivity index (χ0n) is 33.1. The number of hydrogen-bond donors (Lipinski definition) is 4. The molecule has 1 aliphatic rings. The summed E-state index contributed by atoms with van der Waals surface area (Å²) in [6, 6.07) is 0. The van der Waals surface area contributed by atoms with Gasteiger partial charge in [-0.05, 0) is 13.8 Å². The minimum Gasteiger partial charge on any atom is -0.457 e. The molecule has 0 saturated carbocycles. The Morgan fingerprint density at radius 1 is 0.732 bits per heavy atom. The van der Waals surface area contributed by atoms with Crippen LogP contribution in [0.2, 0.25) is 0 Å². The first-order valence-electron chi connectivity index (χ1n) is 18.5. The van der Waals surface area contributed by atoms with Crippen molar-refractivity contribution in [2.45, 2.75) is 104 Å². The number of esters is 2. The first-order valence-corrected chi connectivity index (χ1v) is 18.5. The molecule has 13 nitrogen and oxygen atoms in total. The molecule has 4 N–H and O–H groups in total. The van der Waals surface area contributed by atoms with E-state index >= 15 is 0 Å². The molecule has 7 atom stereocenters. The molecular formula is C43H56N2O11. The number of oxazole rings is 2. The Hall–Kier alpha value is -4.92. The van der Waals surface area contributed by atoms with Crippen LogP contribution in [0.3, 0.4) is 0 Å². The molecule has 0 radical (unpaired) electrons. The summed E-state index contributed by atoms with van der Waals surface area (Å²) < 4.78 is 28.3. The van der Waals surface area contributed by atoms with Crippen LogP contribution in [-0.4, -0.2) is 92.2 Å². The lowest BCUT2D eigenvalue weighted by atomic mass is 9.79. The lowest BCUT2D eigenvalue weighted by molar-refractivity contribution is -0.0462. The molecule has 0 aliphatic carbocycles. The summed E-state index contributed by atoms with van der Waals surface area (Å²) in [5.41, 5.74) is -1.97. The van der Waals surface area contributed by atoms with Gasteiger partial charge in [-0.1, -0.05) is 119 Å². The van der Waals surface area contributed by atoms with Crippen molar-refractivity contribution in [3.63, 3.8) is 0 Å². The summed E-state index contributed by atoms with van der Waals surface area (Å²) in [6.45, 7) is 10.7. The fourth-order valence-electron chi connectivity index (χ4n) is 5.47. The number of carbonyl (C=O) groups excluding carboxylic acids is 2. The van der Waals surface area contributed by atoms with Crippen LogP contribution in [0.25, 0.3) is 6.08 Å². The minimum atomic E-state index is -1.32. The molecule has 0 aromatic carbocycles. The van der Waals surface area contributed by atoms with Gasteiger partial charge in [0.2, 0.25) is 5.89 Å². The second-order valence-electron chi connectivity index (χ2n) is 14.4. The van der Waals surface area contributed by atoms with Crippen LogP contribution in [0, 0.1) is 10.8 Å². The Morgan fingerprint density at radius 2 is 1.27 bits per heavy atom. The molecule has 3 rings (SSSR count). The average Bonchev–Trinajstić information content (AvgIpc) is 3.84. The predicted octanol–water partition coefficient (Wildman–Crippen LogP) is 6.21. The standard InChI is InChI=1S/C43H56N2O11/c1-8-18-34(48)42(3,4)36-23-14-12-10-11-13-20-29(52-7)26-39-45-31(28-54-39)41(51)56-37(43(5,6)35(49)19-9-2)24-17-22-33(47)32(46)21-15-16-25-38-44-30(27-53-38)40(50)55-36/h8-22,25,27-29,32-37,46-49H,23-24,26H2,1-7H3/b11-10-,14-12-,18-8+,19-9+,20-13?,21-15-,22-17-,25-16-. The molecule has 3 heterocycles. The van der Waals surface area contributed by atoms with Crippen LogP contribution in [-0.2, 0) is 20.6 Å². The zero-order valence-corrected chi connectivity index (χ0v) is 33.1. The highest BCUT2D eigenvalue weighted by atomic mass is 16.6. The monoisotopic (exact) mass is 776 g/mol. The largest absolute Gasteiger partial charge is 0.457 e. The SMILES string of the molecule is C/C=C/C(O)C(C)(C)C1C/C=C\C=C/C=CC(OC)Cc2nc(co2)C(=O)OC(C(C)(C)C(O)/C=C/C)C/C=C\C(O)C(O)/C=C\C=C/c2nc(co2)C(=O)O1. The number of nitrogens with zero attached hydrogens (tertiary/aromatic N) is 2. The number of methoxy groups -OCH3 is 1. The number of aliphatic hydroxyl groups excluding tert-OH is 4. The topological polar surface area (TPSA) is 195 Å². The average molecular weight is 777 g/mol. The van der Waals surface area contributed by atoms with Crippen molar-refractivity contribution in [3.8, 4) is 0 Å². The van der Waals surface area contributed by atoms with Gasteiger partial charge in [-0.25, -0.2) is 19.6 Å². The van der Waals surface area contributed by atoms with E-state index in [9.17, 15) is 30.0 Å². The van der Waals surface area contributed by atoms with Gasteiger partial charge in [-0.15, -0.1) is 0 Å². The van der Waals surface area contributed by atoms with E-state index in [2.05, 4.69) is 9.97 Å². The Kier molecular flexibility index (Phi) is 17.8. The molecule has 13 heteroatoms. The van der Waals surface area contributed by atoms with Crippen molar-refractivity contribution >= 4 is 18.0 Å². The molecule has 0 saturated heterocycles. The summed E-state index contributed by atoms with van der Waals surface area (Å²) >= 11 is 0. The van der Waals surface area contributed by atoms with Crippen LogP contribution >= 0.6 is 0 Å². The van der Waals surface area contributed by atoms with Crippen molar-refractivity contribution in [1.29, 1.82) is 0 Å². The quantitative estimate of drug-likeness (QED) is 0.183. The number of carbonyl (C=O) groups is 2. The van der Waals surface area contributed by atoms with Crippen LogP contribution in [0.4, 0.5) is 0 Å². The van der Waals surface area contributed by atoms with Crippen molar-refractivity contribution in [2.24, 2.45) is 10.8 Å². The third-order valence-corrected chi connectivity index (χ3v) is 9.44. The van der Waals surface area contributed by atoms with Gasteiger partial charge >= 0.3 is 11.9 Å². The molecule has 4 bridgehead atoms. The lowest BCUT2D eigenvalue weighted by Gasteiger charge is -2.36. The van der Waals surface area contributed by atoms with E-state index in [0.717, 1.165) is 0 Å². The van der Waals surface area contributed by atoms with Crippen LogP contribution < -0.4 is 0 Å². The number of aliphatic hydroxyl groups is 4. The van der Waals surface area contributed by atoms with Crippen LogP contribution in [0.5, 0.6) is 0 Å². The normalized spacial score (nSPS) is 26.9. The summed E-state index contributed by atoms with van der Waals surface area (Å²) in [6.07, 6.45) is 22.5. The Bertz CT molecular complexity index is 1790. The summed E-state index contributed by atoms with van der Waals surface area (Å²) in [5, 5.41) is 42.9. The van der Waals surface area contributed by atoms with Gasteiger partial charge in [0.15, 0.2) is 17.3 Å². The van der Waals surface area contributed by atoms with E-state index < -0.39 is 65.5 Å². The number of rotatable bonds is 7. The lowest BCUT2D eigenvalue weighted by Crippen LogP contribution is -2.42. The molecule has 56 heavy (non-hydrogen) atoms. The molecule has 304 valence electrons. The van der Waals surface area contributed by atoms with Crippen LogP contribution in [0.15, 0.2) is 113 Å². The highest BCUT2D eigenvalue weighted by Crippen LogP contribution is 2.33. The highest BCUT2D eigenvalue weighted by molar-refractivity contribution is 5.87. The fraction of sp³-hybridized carbons (Fsp3) is 0.442. The second-order valence-corrected chi connectivity index (χ2v) is 14.4. The van der Waals surface area contributed by atoms with E-state index in [1.54, 1.807) is 102 Å². The summed E-state index contributed by atoms with van der Waals surface area (Å²) in [5.74, 6) is -1.15.